The second-order valence-electron chi connectivity index (χ2n) is 6.31. The topological polar surface area (TPSA) is 221 Å². The fourth-order valence-electron chi connectivity index (χ4n) is 2.42. The minimum atomic E-state index is -1.07. The number of nitrogens with zero attached hydrogens (tertiary/aromatic N) is 1. The summed E-state index contributed by atoms with van der Waals surface area (Å²) >= 11 is 4.51. The van der Waals surface area contributed by atoms with Crippen LogP contribution in [0.4, 0.5) is 0 Å². The highest BCUT2D eigenvalue weighted by atomic mass is 35.5. The number of Topliss-reactive ketones (excluding diaryl/α,β-unsaturated/α-hetero) is 2. The van der Waals surface area contributed by atoms with Gasteiger partial charge in [0.2, 0.25) is 5.78 Å². The number of phenols is 2. The van der Waals surface area contributed by atoms with Gasteiger partial charge in [0.1, 0.15) is 11.5 Å². The summed E-state index contributed by atoms with van der Waals surface area (Å²) in [5.41, 5.74) is 2.13. The average molecular weight is 559 g/mol. The fraction of sp³-hybridized carbons (Fsp3) is 0.174. The molecule has 7 N–H and O–H groups in total. The number of aromatic hydroxyl groups is 2. The highest BCUT2D eigenvalue weighted by Gasteiger charge is 2.20. The monoisotopic (exact) mass is 558 g/mol. The number of rotatable bonds is 7. The Bertz CT molecular complexity index is 1180. The molecule has 0 aliphatic rings. The number of ether oxygens (including phenoxy) is 2. The Balaban J connectivity index is 0.000000598. The lowest BCUT2D eigenvalue weighted by molar-refractivity contribution is -0.151. The highest BCUT2D eigenvalue weighted by Crippen LogP contribution is 2.29. The largest absolute Gasteiger partial charge is 0.507 e. The predicted molar refractivity (Wildman–Crippen MR) is 132 cm³/mol. The van der Waals surface area contributed by atoms with Crippen LogP contribution >= 0.6 is 11.9 Å². The van der Waals surface area contributed by atoms with Crippen LogP contribution in [-0.4, -0.2) is 74.9 Å². The molecule has 15 heteroatoms. The van der Waals surface area contributed by atoms with Gasteiger partial charge in [-0.1, -0.05) is 29.4 Å². The molecule has 206 valence electrons. The number of para-hydroxylation sites is 2. The van der Waals surface area contributed by atoms with Gasteiger partial charge in [-0.05, 0) is 24.3 Å². The molecule has 0 saturated heterocycles. The zero-order valence-electron chi connectivity index (χ0n) is 20.4. The van der Waals surface area contributed by atoms with E-state index in [1.54, 1.807) is 36.0 Å². The van der Waals surface area contributed by atoms with Crippen LogP contribution in [0.5, 0.6) is 11.5 Å². The Kier molecular flexibility index (Phi) is 16.7. The Morgan fingerprint density at radius 1 is 1.00 bits per heavy atom. The first-order valence-electron chi connectivity index (χ1n) is 10.1. The number of phenolic OH excluding ortho intramolecular Hbond substituents is 2. The molecule has 0 spiro atoms. The molecule has 0 atom stereocenters. The van der Waals surface area contributed by atoms with Crippen molar-refractivity contribution in [3.8, 4) is 22.8 Å². The highest BCUT2D eigenvalue weighted by molar-refractivity contribution is 6.38. The van der Waals surface area contributed by atoms with E-state index in [2.05, 4.69) is 30.9 Å². The van der Waals surface area contributed by atoms with Crippen molar-refractivity contribution in [3.63, 3.8) is 0 Å². The normalized spacial score (nSPS) is 9.21. The number of aliphatic hydroxyl groups is 1. The zero-order valence-corrected chi connectivity index (χ0v) is 21.1. The summed E-state index contributed by atoms with van der Waals surface area (Å²) in [7, 11) is 3.32. The van der Waals surface area contributed by atoms with Crippen molar-refractivity contribution >= 4 is 35.4 Å². The third-order valence-electron chi connectivity index (χ3n) is 4.06. The second-order valence-corrected chi connectivity index (χ2v) is 6.48. The van der Waals surface area contributed by atoms with E-state index in [9.17, 15) is 29.4 Å². The maximum absolute atomic E-state index is 11.5. The molecule has 1 aromatic heterocycles. The molecule has 2 aromatic carbocycles. The molecule has 3 aromatic rings. The molecule has 0 fully saturated rings. The lowest BCUT2D eigenvalue weighted by atomic mass is 10.1. The van der Waals surface area contributed by atoms with Crippen molar-refractivity contribution in [2.24, 2.45) is 0 Å². The summed E-state index contributed by atoms with van der Waals surface area (Å²) in [6, 6.07) is 13.8. The lowest BCUT2D eigenvalue weighted by Crippen LogP contribution is -2.19. The van der Waals surface area contributed by atoms with Crippen LogP contribution in [-0.2, 0) is 19.1 Å². The van der Waals surface area contributed by atoms with Gasteiger partial charge in [-0.15, -0.1) is 0 Å². The summed E-state index contributed by atoms with van der Waals surface area (Å²) in [6.07, 6.45) is -0.607. The van der Waals surface area contributed by atoms with Gasteiger partial charge in [-0.3, -0.25) is 14.8 Å². The van der Waals surface area contributed by atoms with E-state index in [-0.39, 0.29) is 22.8 Å². The van der Waals surface area contributed by atoms with Gasteiger partial charge in [-0.2, -0.15) is 4.39 Å². The molecule has 0 amide bonds. The molecule has 0 unspecified atom stereocenters. The SMILES string of the molecule is CO.COC(=O)C(=O)CC(=O)c1ccccc1O.COC(=O)c1cc(-c2ccccc2O)on1.[OH2+]N[OH+]Cl. The van der Waals surface area contributed by atoms with Crippen molar-refractivity contribution in [1.82, 2.24) is 10.8 Å². The third-order valence-corrected chi connectivity index (χ3v) is 4.14. The van der Waals surface area contributed by atoms with Crippen LogP contribution in [0.2, 0.25) is 0 Å². The van der Waals surface area contributed by atoms with Gasteiger partial charge in [-0.25, -0.2) is 9.59 Å². The third kappa shape index (κ3) is 11.2. The Hall–Kier alpha value is -4.34. The van der Waals surface area contributed by atoms with Crippen molar-refractivity contribution in [3.05, 3.63) is 65.9 Å². The molecule has 0 bridgehead atoms. The van der Waals surface area contributed by atoms with E-state index in [0.29, 0.717) is 11.3 Å². The standard InChI is InChI=1S/C11H9NO4.C11H10O5.CH4O.ClH2NO2/c1-15-11(14)8-6-10(16-12-8)7-4-2-3-5-9(7)13;1-16-11(15)10(14)6-9(13)7-4-2-3-5-8(7)12;1-2;1-4-2-3/h2-6,13H,1H3;2-5,12H,6H2,1H3;2H,1H3;2-3H/p+2. The molecule has 1 heterocycles. The number of carbonyl (C=O) groups excluding carboxylic acids is 4. The van der Waals surface area contributed by atoms with E-state index in [0.717, 1.165) is 14.2 Å². The quantitative estimate of drug-likeness (QED) is 0.0794. The smallest absolute Gasteiger partial charge is 0.374 e. The minimum Gasteiger partial charge on any atom is -0.507 e. The van der Waals surface area contributed by atoms with Gasteiger partial charge < -0.3 is 29.3 Å². The van der Waals surface area contributed by atoms with E-state index in [1.165, 1.54) is 31.4 Å². The zero-order chi connectivity index (χ0) is 29.1. The summed E-state index contributed by atoms with van der Waals surface area (Å²) in [6.45, 7) is 0. The molecule has 0 aliphatic heterocycles. The number of benzene rings is 2. The second kappa shape index (κ2) is 18.9. The molecule has 0 saturated carbocycles. The maximum Gasteiger partial charge on any atom is 0.374 e. The van der Waals surface area contributed by atoms with Crippen LogP contribution in [0.25, 0.3) is 11.3 Å². The van der Waals surface area contributed by atoms with Crippen LogP contribution in [0.1, 0.15) is 27.3 Å². The van der Waals surface area contributed by atoms with Gasteiger partial charge in [0.05, 0.1) is 31.8 Å². The minimum absolute atomic E-state index is 0.0137. The van der Waals surface area contributed by atoms with Crippen molar-refractivity contribution in [2.75, 3.05) is 21.3 Å². The Morgan fingerprint density at radius 3 is 2.05 bits per heavy atom. The van der Waals surface area contributed by atoms with Crippen LogP contribution in [0, 0.1) is 0 Å². The van der Waals surface area contributed by atoms with Crippen LogP contribution < -0.4 is 5.64 Å². The molecule has 3 rings (SSSR count). The number of methoxy groups -OCH3 is 2. The molecular weight excluding hydrogens is 532 g/mol. The van der Waals surface area contributed by atoms with E-state index in [1.807, 2.05) is 0 Å². The first-order valence-corrected chi connectivity index (χ1v) is 10.5. The number of carbonyl (C=O) groups is 4. The molecule has 14 nitrogen and oxygen atoms in total. The summed E-state index contributed by atoms with van der Waals surface area (Å²) in [5.74, 6) is -3.03. The van der Waals surface area contributed by atoms with Crippen molar-refractivity contribution in [1.29, 1.82) is 0 Å². The van der Waals surface area contributed by atoms with E-state index >= 15 is 0 Å². The van der Waals surface area contributed by atoms with Crippen LogP contribution in [0.3, 0.4) is 0 Å². The number of aromatic nitrogens is 1. The summed E-state index contributed by atoms with van der Waals surface area (Å²) in [4.78, 5) is 44.5. The molecule has 0 aliphatic carbocycles. The maximum atomic E-state index is 11.5. The first kappa shape index (κ1) is 33.7. The molecule has 0 radical (unpaired) electrons. The number of ketones is 2. The van der Waals surface area contributed by atoms with Crippen molar-refractivity contribution < 1.29 is 58.1 Å². The summed E-state index contributed by atoms with van der Waals surface area (Å²) in [5, 5.41) is 35.4. The first-order chi connectivity index (χ1) is 18.2. The molecule has 38 heavy (non-hydrogen) atoms. The number of halogens is 1. The number of aliphatic hydroxyl groups excluding tert-OH is 1. The Morgan fingerprint density at radius 2 is 1.55 bits per heavy atom. The number of hydrogen-bond donors (Lipinski definition) is 4. The van der Waals surface area contributed by atoms with Crippen LogP contribution in [0.15, 0.2) is 59.1 Å². The average Bonchev–Trinajstić information content (AvgIpc) is 3.44. The van der Waals surface area contributed by atoms with Gasteiger partial charge in [0.15, 0.2) is 22.9 Å². The predicted octanol–water partition coefficient (Wildman–Crippen LogP) is 0.962. The molecular formula is C23H27ClN2O12+2. The lowest BCUT2D eigenvalue weighted by Gasteiger charge is -2.01. The van der Waals surface area contributed by atoms with Gasteiger partial charge >= 0.3 is 23.8 Å². The fourth-order valence-corrected chi connectivity index (χ4v) is 2.42. The van der Waals surface area contributed by atoms with Gasteiger partial charge in [0.25, 0.3) is 0 Å². The number of nitrogens with one attached hydrogen (secondary N) is 1. The van der Waals surface area contributed by atoms with Gasteiger partial charge in [0, 0.05) is 13.2 Å². The Labute approximate surface area is 221 Å². The van der Waals surface area contributed by atoms with E-state index in [4.69, 9.17) is 14.8 Å². The number of hydrogen-bond acceptors (Lipinski definition) is 12. The number of esters is 2. The van der Waals surface area contributed by atoms with Crippen molar-refractivity contribution in [2.45, 2.75) is 6.42 Å². The summed E-state index contributed by atoms with van der Waals surface area (Å²) < 4.78 is 16.2. The van der Waals surface area contributed by atoms with E-state index < -0.39 is 29.9 Å².